The lowest BCUT2D eigenvalue weighted by molar-refractivity contribution is -0.299. The van der Waals surface area contributed by atoms with Gasteiger partial charge in [0, 0.05) is 0 Å². The molecule has 3 nitrogen and oxygen atoms in total. The van der Waals surface area contributed by atoms with Crippen LogP contribution in [-0.2, 0) is 0 Å². The van der Waals surface area contributed by atoms with Crippen molar-refractivity contribution in [1.82, 2.24) is 0 Å². The van der Waals surface area contributed by atoms with Gasteiger partial charge >= 0.3 is 12.4 Å². The average molecular weight is 311 g/mol. The van der Waals surface area contributed by atoms with E-state index in [1.165, 1.54) is 6.07 Å². The van der Waals surface area contributed by atoms with E-state index in [2.05, 4.69) is 4.74 Å². The van der Waals surface area contributed by atoms with Crippen LogP contribution in [0.4, 0.5) is 26.3 Å². The van der Waals surface area contributed by atoms with Crippen molar-refractivity contribution in [2.45, 2.75) is 25.4 Å². The predicted octanol–water partition coefficient (Wildman–Crippen LogP) is 3.63. The summed E-state index contributed by atoms with van der Waals surface area (Å²) in [4.78, 5) is 11.2. The molecular weight excluding hydrogens is 304 g/mol. The second-order valence-electron chi connectivity index (χ2n) is 3.96. The van der Waals surface area contributed by atoms with E-state index in [1.807, 2.05) is 0 Å². The monoisotopic (exact) mass is 311 g/mol. The summed E-state index contributed by atoms with van der Waals surface area (Å²) >= 11 is 0. The van der Waals surface area contributed by atoms with E-state index in [9.17, 15) is 31.1 Å². The molecule has 0 aliphatic heterocycles. The Hall–Kier alpha value is -2.24. The third kappa shape index (κ3) is 4.11. The van der Waals surface area contributed by atoms with Crippen LogP contribution in [0.25, 0.3) is 0 Å². The highest BCUT2D eigenvalue weighted by molar-refractivity contribution is 5.97. The first kappa shape index (κ1) is 16.8. The van der Waals surface area contributed by atoms with E-state index in [0.717, 1.165) is 19.1 Å². The number of nitriles is 1. The van der Waals surface area contributed by atoms with Gasteiger partial charge in [-0.1, -0.05) is 0 Å². The van der Waals surface area contributed by atoms with Crippen LogP contribution in [-0.4, -0.2) is 24.2 Å². The van der Waals surface area contributed by atoms with Crippen LogP contribution in [0.2, 0.25) is 0 Å². The van der Waals surface area contributed by atoms with Crippen molar-refractivity contribution in [1.29, 1.82) is 5.26 Å². The fourth-order valence-electron chi connectivity index (χ4n) is 1.43. The second kappa shape index (κ2) is 5.63. The number of benzene rings is 1. The molecular formula is C12H7F6NO2. The molecule has 9 heteroatoms. The van der Waals surface area contributed by atoms with E-state index in [4.69, 9.17) is 5.26 Å². The molecule has 0 aliphatic carbocycles. The molecule has 0 saturated heterocycles. The molecule has 0 unspecified atom stereocenters. The minimum Gasteiger partial charge on any atom is -0.471 e. The third-order valence-electron chi connectivity index (χ3n) is 2.33. The van der Waals surface area contributed by atoms with Crippen molar-refractivity contribution < 1.29 is 35.9 Å². The summed E-state index contributed by atoms with van der Waals surface area (Å²) in [7, 11) is 0. The number of ketones is 1. The molecule has 0 N–H and O–H groups in total. The Morgan fingerprint density at radius 3 is 2.10 bits per heavy atom. The van der Waals surface area contributed by atoms with Crippen LogP contribution in [0.3, 0.4) is 0 Å². The highest BCUT2D eigenvalue weighted by atomic mass is 19.4. The molecule has 1 rings (SSSR count). The normalized spacial score (nSPS) is 12.1. The van der Waals surface area contributed by atoms with Gasteiger partial charge in [0.15, 0.2) is 5.78 Å². The number of ether oxygens (including phenoxy) is 1. The number of carbonyl (C=O) groups excluding carboxylic acids is 1. The van der Waals surface area contributed by atoms with Crippen molar-refractivity contribution >= 4 is 5.78 Å². The maximum Gasteiger partial charge on any atom is 0.434 e. The van der Waals surface area contributed by atoms with Crippen LogP contribution in [0.15, 0.2) is 18.2 Å². The van der Waals surface area contributed by atoms with E-state index < -0.39 is 35.6 Å². The van der Waals surface area contributed by atoms with Gasteiger partial charge in [-0.25, -0.2) is 0 Å². The quantitative estimate of drug-likeness (QED) is 0.632. The Morgan fingerprint density at radius 1 is 1.19 bits per heavy atom. The number of alkyl halides is 6. The van der Waals surface area contributed by atoms with Gasteiger partial charge in [-0.2, -0.15) is 31.6 Å². The van der Waals surface area contributed by atoms with Gasteiger partial charge in [-0.3, -0.25) is 4.79 Å². The molecule has 1 aromatic rings. The summed E-state index contributed by atoms with van der Waals surface area (Å²) in [5.41, 5.74) is -0.717. The largest absolute Gasteiger partial charge is 0.471 e. The molecule has 0 heterocycles. The zero-order valence-electron chi connectivity index (χ0n) is 10.3. The molecule has 0 radical (unpaired) electrons. The molecule has 1 aromatic carbocycles. The Bertz CT molecular complexity index is 571. The van der Waals surface area contributed by atoms with Crippen molar-refractivity contribution in [3.05, 3.63) is 29.3 Å². The number of hydrogen-bond donors (Lipinski definition) is 0. The molecule has 114 valence electrons. The van der Waals surface area contributed by atoms with Gasteiger partial charge in [0.05, 0.1) is 17.2 Å². The number of carbonyl (C=O) groups is 1. The third-order valence-corrected chi connectivity index (χ3v) is 2.33. The smallest absolute Gasteiger partial charge is 0.434 e. The van der Waals surface area contributed by atoms with E-state index in [1.54, 1.807) is 0 Å². The van der Waals surface area contributed by atoms with Gasteiger partial charge in [0.2, 0.25) is 0 Å². The average Bonchev–Trinajstić information content (AvgIpc) is 2.32. The number of rotatable bonds is 3. The molecule has 0 amide bonds. The SMILES string of the molecule is CC(=O)c1ccc(C#N)cc1OC(C(F)(F)F)C(F)(F)F. The highest BCUT2D eigenvalue weighted by Gasteiger charge is 2.59. The van der Waals surface area contributed by atoms with Crippen LogP contribution in [0.1, 0.15) is 22.8 Å². The lowest BCUT2D eigenvalue weighted by atomic mass is 10.1. The van der Waals surface area contributed by atoms with Crippen molar-refractivity contribution in [2.75, 3.05) is 0 Å². The topological polar surface area (TPSA) is 50.1 Å². The lowest BCUT2D eigenvalue weighted by Crippen LogP contribution is -2.46. The van der Waals surface area contributed by atoms with Gasteiger partial charge in [0.1, 0.15) is 5.75 Å². The Morgan fingerprint density at radius 2 is 1.71 bits per heavy atom. The van der Waals surface area contributed by atoms with Crippen LogP contribution < -0.4 is 4.74 Å². The standard InChI is InChI=1S/C12H7F6NO2/c1-6(20)8-3-2-7(5-19)4-9(8)21-10(11(13,14)15)12(16,17)18/h2-4,10H,1H3. The zero-order chi connectivity index (χ0) is 16.4. The minimum atomic E-state index is -5.71. The maximum absolute atomic E-state index is 12.4. The number of hydrogen-bond acceptors (Lipinski definition) is 3. The molecule has 0 spiro atoms. The summed E-state index contributed by atoms with van der Waals surface area (Å²) in [5.74, 6) is -1.74. The van der Waals surface area contributed by atoms with E-state index in [0.29, 0.717) is 6.07 Å². The molecule has 0 aromatic heterocycles. The molecule has 0 fully saturated rings. The molecule has 0 bridgehead atoms. The van der Waals surface area contributed by atoms with Crippen LogP contribution >= 0.6 is 0 Å². The predicted molar refractivity (Wildman–Crippen MR) is 57.7 cm³/mol. The molecule has 0 saturated carbocycles. The second-order valence-corrected chi connectivity index (χ2v) is 3.96. The summed E-state index contributed by atoms with van der Waals surface area (Å²) in [6, 6.07) is 4.20. The Balaban J connectivity index is 3.32. The van der Waals surface area contributed by atoms with Gasteiger partial charge in [-0.15, -0.1) is 0 Å². The number of halogens is 6. The first-order chi connectivity index (χ1) is 9.46. The Kier molecular flexibility index (Phi) is 4.51. The molecule has 0 aliphatic rings. The van der Waals surface area contributed by atoms with Crippen molar-refractivity contribution in [3.63, 3.8) is 0 Å². The van der Waals surface area contributed by atoms with Gasteiger partial charge < -0.3 is 4.74 Å². The van der Waals surface area contributed by atoms with Crippen LogP contribution in [0, 0.1) is 11.3 Å². The van der Waals surface area contributed by atoms with Gasteiger partial charge in [-0.05, 0) is 25.1 Å². The van der Waals surface area contributed by atoms with Crippen LogP contribution in [0.5, 0.6) is 5.75 Å². The lowest BCUT2D eigenvalue weighted by Gasteiger charge is -2.24. The summed E-state index contributed by atoms with van der Waals surface area (Å²) in [6.45, 7) is 0.949. The first-order valence-corrected chi connectivity index (χ1v) is 5.32. The molecule has 21 heavy (non-hydrogen) atoms. The van der Waals surface area contributed by atoms with Crippen molar-refractivity contribution in [2.24, 2.45) is 0 Å². The molecule has 0 atom stereocenters. The van der Waals surface area contributed by atoms with Crippen molar-refractivity contribution in [3.8, 4) is 11.8 Å². The summed E-state index contributed by atoms with van der Waals surface area (Å²) in [6.07, 6.45) is -15.5. The summed E-state index contributed by atoms with van der Waals surface area (Å²) < 4.78 is 78.5. The zero-order valence-corrected chi connectivity index (χ0v) is 10.3. The highest BCUT2D eigenvalue weighted by Crippen LogP contribution is 2.37. The van der Waals surface area contributed by atoms with E-state index >= 15 is 0 Å². The number of Topliss-reactive ketones (excluding diaryl/α,β-unsaturated/α-hetero) is 1. The minimum absolute atomic E-state index is 0.238. The maximum atomic E-state index is 12.4. The summed E-state index contributed by atoms with van der Waals surface area (Å²) in [5, 5.41) is 8.61. The fourth-order valence-corrected chi connectivity index (χ4v) is 1.43. The van der Waals surface area contributed by atoms with Gasteiger partial charge in [0.25, 0.3) is 6.10 Å². The van der Waals surface area contributed by atoms with E-state index in [-0.39, 0.29) is 5.56 Å². The number of nitrogens with zero attached hydrogens (tertiary/aromatic N) is 1. The fraction of sp³-hybridized carbons (Fsp3) is 0.333. The Labute approximate surface area is 114 Å². The first-order valence-electron chi connectivity index (χ1n) is 5.32.